The molecule has 3 fully saturated rings. The van der Waals surface area contributed by atoms with Crippen LogP contribution in [0.2, 0.25) is 0 Å². The van der Waals surface area contributed by atoms with E-state index in [-0.39, 0.29) is 29.2 Å². The van der Waals surface area contributed by atoms with Crippen molar-refractivity contribution in [2.75, 3.05) is 6.54 Å². The number of nitrogens with zero attached hydrogens (tertiary/aromatic N) is 1. The molecule has 27 heavy (non-hydrogen) atoms. The number of allylic oxidation sites excluding steroid dienone is 1. The molecule has 152 valence electrons. The number of nitrogens with one attached hydrogen (secondary N) is 2. The molecule has 3 aliphatic rings. The van der Waals surface area contributed by atoms with Gasteiger partial charge in [-0.25, -0.2) is 0 Å². The fraction of sp³-hybridized carbons (Fsp3) is 0.818. The van der Waals surface area contributed by atoms with Gasteiger partial charge < -0.3 is 10.6 Å². The molecule has 5 nitrogen and oxygen atoms in total. The van der Waals surface area contributed by atoms with Crippen molar-refractivity contribution < 1.29 is 9.59 Å². The molecule has 3 rings (SSSR count). The van der Waals surface area contributed by atoms with E-state index in [4.69, 9.17) is 0 Å². The maximum absolute atomic E-state index is 13.5. The Balaban J connectivity index is 1.90. The zero-order valence-electron chi connectivity index (χ0n) is 17.5. The summed E-state index contributed by atoms with van der Waals surface area (Å²) in [6, 6.07) is 1.35. The molecule has 0 aromatic rings. The summed E-state index contributed by atoms with van der Waals surface area (Å²) in [4.78, 5) is 28.3. The molecular weight excluding hydrogens is 338 g/mol. The lowest BCUT2D eigenvalue weighted by Crippen LogP contribution is -2.68. The van der Waals surface area contributed by atoms with Crippen molar-refractivity contribution in [3.8, 4) is 0 Å². The molecule has 2 heterocycles. The normalized spacial score (nSPS) is 36.4. The fourth-order valence-corrected chi connectivity index (χ4v) is 5.62. The highest BCUT2D eigenvalue weighted by Gasteiger charge is 2.52. The van der Waals surface area contributed by atoms with E-state index in [1.165, 1.54) is 32.6 Å². The van der Waals surface area contributed by atoms with Gasteiger partial charge in [-0.1, -0.05) is 6.08 Å². The van der Waals surface area contributed by atoms with E-state index in [0.29, 0.717) is 18.5 Å². The molecule has 5 heteroatoms. The second kappa shape index (κ2) is 7.57. The minimum atomic E-state index is -0.849. The molecule has 1 aliphatic carbocycles. The first-order valence-corrected chi connectivity index (χ1v) is 10.6. The summed E-state index contributed by atoms with van der Waals surface area (Å²) < 4.78 is 0. The number of amides is 2. The molecule has 1 saturated carbocycles. The Bertz CT molecular complexity index is 577. The van der Waals surface area contributed by atoms with Crippen LogP contribution < -0.4 is 10.6 Å². The second-order valence-corrected chi connectivity index (χ2v) is 9.99. The van der Waals surface area contributed by atoms with Crippen LogP contribution >= 0.6 is 0 Å². The number of carbonyl (C=O) groups excluding carboxylic acids is 2. The molecule has 0 aromatic heterocycles. The van der Waals surface area contributed by atoms with Gasteiger partial charge >= 0.3 is 0 Å². The first-order chi connectivity index (χ1) is 12.6. The van der Waals surface area contributed by atoms with Gasteiger partial charge in [-0.05, 0) is 71.6 Å². The number of hydrogen-bond donors (Lipinski definition) is 2. The molecule has 2 aliphatic heterocycles. The smallest absolute Gasteiger partial charge is 0.246 e. The van der Waals surface area contributed by atoms with Gasteiger partial charge in [0.1, 0.15) is 5.54 Å². The molecule has 2 N–H and O–H groups in total. The summed E-state index contributed by atoms with van der Waals surface area (Å²) >= 11 is 0. The van der Waals surface area contributed by atoms with Crippen molar-refractivity contribution in [1.29, 1.82) is 0 Å². The SMILES string of the molecule is C=C[C@@H]1CC[C@@H](CN2C3CCC2CC3)[C@@](NC(C)=O)(C(=O)NC(C)(C)C)C1. The molecule has 2 amide bonds. The highest BCUT2D eigenvalue weighted by atomic mass is 16.2. The first-order valence-electron chi connectivity index (χ1n) is 10.6. The molecule has 0 spiro atoms. The van der Waals surface area contributed by atoms with E-state index < -0.39 is 5.54 Å². The van der Waals surface area contributed by atoms with Gasteiger partial charge in [-0.3, -0.25) is 14.5 Å². The third-order valence-corrected chi connectivity index (χ3v) is 6.83. The van der Waals surface area contributed by atoms with Gasteiger partial charge in [0.15, 0.2) is 0 Å². The van der Waals surface area contributed by atoms with Crippen LogP contribution in [-0.2, 0) is 9.59 Å². The molecule has 2 bridgehead atoms. The Labute approximate surface area is 164 Å². The quantitative estimate of drug-likeness (QED) is 0.726. The van der Waals surface area contributed by atoms with Crippen molar-refractivity contribution in [2.24, 2.45) is 11.8 Å². The van der Waals surface area contributed by atoms with E-state index in [9.17, 15) is 9.59 Å². The zero-order chi connectivity index (χ0) is 19.8. The Hall–Kier alpha value is -1.36. The lowest BCUT2D eigenvalue weighted by molar-refractivity contribution is -0.139. The maximum atomic E-state index is 13.5. The van der Waals surface area contributed by atoms with Crippen LogP contribution in [0.25, 0.3) is 0 Å². The third-order valence-electron chi connectivity index (χ3n) is 6.83. The van der Waals surface area contributed by atoms with E-state index in [1.54, 1.807) is 0 Å². The first kappa shape index (κ1) is 20.4. The highest BCUT2D eigenvalue weighted by Crippen LogP contribution is 2.43. The van der Waals surface area contributed by atoms with Crippen LogP contribution in [0.4, 0.5) is 0 Å². The molecule has 0 radical (unpaired) electrons. The Morgan fingerprint density at radius 2 is 1.70 bits per heavy atom. The van der Waals surface area contributed by atoms with E-state index in [1.807, 2.05) is 26.8 Å². The molecule has 0 unspecified atom stereocenters. The van der Waals surface area contributed by atoms with Gasteiger partial charge in [-0.2, -0.15) is 0 Å². The van der Waals surface area contributed by atoms with Crippen LogP contribution in [0.3, 0.4) is 0 Å². The number of rotatable bonds is 5. The van der Waals surface area contributed by atoms with Crippen LogP contribution in [0, 0.1) is 11.8 Å². The van der Waals surface area contributed by atoms with Crippen LogP contribution in [0.5, 0.6) is 0 Å². The van der Waals surface area contributed by atoms with E-state index in [2.05, 4.69) is 22.1 Å². The number of fused-ring (bicyclic) bond motifs is 2. The van der Waals surface area contributed by atoms with Gasteiger partial charge in [0.05, 0.1) is 0 Å². The van der Waals surface area contributed by atoms with Crippen molar-refractivity contribution in [3.63, 3.8) is 0 Å². The Morgan fingerprint density at radius 1 is 1.11 bits per heavy atom. The summed E-state index contributed by atoms with van der Waals surface area (Å²) in [5.41, 5.74) is -1.18. The lowest BCUT2D eigenvalue weighted by Gasteiger charge is -2.48. The van der Waals surface area contributed by atoms with Gasteiger partial charge in [-0.15, -0.1) is 6.58 Å². The summed E-state index contributed by atoms with van der Waals surface area (Å²) in [5, 5.41) is 6.30. The van der Waals surface area contributed by atoms with Crippen molar-refractivity contribution in [2.45, 2.75) is 95.8 Å². The monoisotopic (exact) mass is 375 g/mol. The standard InChI is InChI=1S/C22H37N3O2/c1-6-16-7-8-17(14-25-18-9-10-19(25)12-11-18)22(13-16,23-15(2)26)20(27)24-21(3,4)5/h6,16-19H,1,7-14H2,2-5H3,(H,23,26)(H,24,27)/t16-,17+,18?,19?,22-/m1/s1. The van der Waals surface area contributed by atoms with E-state index >= 15 is 0 Å². The number of hydrogen-bond acceptors (Lipinski definition) is 3. The fourth-order valence-electron chi connectivity index (χ4n) is 5.62. The van der Waals surface area contributed by atoms with Crippen molar-refractivity contribution in [1.82, 2.24) is 15.5 Å². The minimum absolute atomic E-state index is 0.0340. The summed E-state index contributed by atoms with van der Waals surface area (Å²) in [5.74, 6) is 0.238. The predicted molar refractivity (Wildman–Crippen MR) is 108 cm³/mol. The topological polar surface area (TPSA) is 61.4 Å². The second-order valence-electron chi connectivity index (χ2n) is 9.99. The molecule has 0 aromatic carbocycles. The van der Waals surface area contributed by atoms with Crippen molar-refractivity contribution in [3.05, 3.63) is 12.7 Å². The Kier molecular flexibility index (Phi) is 5.72. The summed E-state index contributed by atoms with van der Waals surface area (Å²) in [7, 11) is 0. The molecule has 2 saturated heterocycles. The van der Waals surface area contributed by atoms with E-state index in [0.717, 1.165) is 19.4 Å². The van der Waals surface area contributed by atoms with Gasteiger partial charge in [0.2, 0.25) is 11.8 Å². The van der Waals surface area contributed by atoms with Crippen molar-refractivity contribution >= 4 is 11.8 Å². The van der Waals surface area contributed by atoms with Gasteiger partial charge in [0.25, 0.3) is 0 Å². The number of carbonyl (C=O) groups is 2. The predicted octanol–water partition coefficient (Wildman–Crippen LogP) is 3.01. The summed E-state index contributed by atoms with van der Waals surface area (Å²) in [6.45, 7) is 12.4. The molecule has 3 atom stereocenters. The largest absolute Gasteiger partial charge is 0.349 e. The van der Waals surface area contributed by atoms with Crippen LogP contribution in [0.1, 0.15) is 72.6 Å². The lowest BCUT2D eigenvalue weighted by atomic mass is 9.67. The Morgan fingerprint density at radius 3 is 2.19 bits per heavy atom. The van der Waals surface area contributed by atoms with Crippen LogP contribution in [0.15, 0.2) is 12.7 Å². The maximum Gasteiger partial charge on any atom is 0.246 e. The minimum Gasteiger partial charge on any atom is -0.349 e. The summed E-state index contributed by atoms with van der Waals surface area (Å²) in [6.07, 6.45) is 9.73. The van der Waals surface area contributed by atoms with Gasteiger partial charge in [0, 0.05) is 37.0 Å². The zero-order valence-corrected chi connectivity index (χ0v) is 17.5. The average molecular weight is 376 g/mol. The average Bonchev–Trinajstić information content (AvgIpc) is 3.13. The van der Waals surface area contributed by atoms with Crippen LogP contribution in [-0.4, -0.2) is 46.4 Å². The molecular formula is C22H37N3O2. The highest BCUT2D eigenvalue weighted by molar-refractivity contribution is 5.92. The third kappa shape index (κ3) is 4.23.